The summed E-state index contributed by atoms with van der Waals surface area (Å²) >= 11 is 0. The summed E-state index contributed by atoms with van der Waals surface area (Å²) in [5, 5.41) is 11.9. The maximum Gasteiger partial charge on any atom is 0.172 e. The molecule has 0 aliphatic rings. The van der Waals surface area contributed by atoms with Crippen LogP contribution in [0.3, 0.4) is 0 Å². The predicted molar refractivity (Wildman–Crippen MR) is 73.6 cm³/mol. The molecule has 0 atom stereocenters. The zero-order chi connectivity index (χ0) is 13.2. The van der Waals surface area contributed by atoms with E-state index in [1.807, 2.05) is 47.0 Å². The molecule has 0 aliphatic heterocycles. The summed E-state index contributed by atoms with van der Waals surface area (Å²) in [5.41, 5.74) is 9.07. The van der Waals surface area contributed by atoms with Crippen LogP contribution in [0, 0.1) is 0 Å². The van der Waals surface area contributed by atoms with Crippen molar-refractivity contribution in [2.45, 2.75) is 0 Å². The number of nitrogens with zero attached hydrogens (tertiary/aromatic N) is 3. The summed E-state index contributed by atoms with van der Waals surface area (Å²) in [4.78, 5) is 4.34. The van der Waals surface area contributed by atoms with Gasteiger partial charge in [-0.2, -0.15) is 0 Å². The van der Waals surface area contributed by atoms with E-state index in [1.165, 1.54) is 0 Å². The van der Waals surface area contributed by atoms with Crippen molar-refractivity contribution in [3.8, 4) is 5.69 Å². The molecule has 0 unspecified atom stereocenters. The molecule has 0 saturated carbocycles. The lowest BCUT2D eigenvalue weighted by Crippen LogP contribution is -2.16. The Morgan fingerprint density at radius 2 is 1.84 bits per heavy atom. The van der Waals surface area contributed by atoms with Crippen LogP contribution in [0.15, 0.2) is 60.0 Å². The molecule has 0 bridgehead atoms. The quantitative estimate of drug-likeness (QED) is 0.317. The summed E-state index contributed by atoms with van der Waals surface area (Å²) in [7, 11) is 0. The minimum absolute atomic E-state index is 0.0772. The number of para-hydroxylation sites is 3. The predicted octanol–water partition coefficient (Wildman–Crippen LogP) is 2.12. The Labute approximate surface area is 109 Å². The normalized spacial score (nSPS) is 11.9. The molecule has 1 aromatic heterocycles. The molecule has 1 heterocycles. The van der Waals surface area contributed by atoms with Crippen molar-refractivity contribution in [1.82, 2.24) is 9.55 Å². The van der Waals surface area contributed by atoms with Gasteiger partial charge in [0.1, 0.15) is 6.33 Å². The van der Waals surface area contributed by atoms with Crippen LogP contribution in [-0.2, 0) is 0 Å². The monoisotopic (exact) mass is 252 g/mol. The molecule has 0 spiro atoms. The first kappa shape index (κ1) is 11.3. The molecule has 19 heavy (non-hydrogen) atoms. The van der Waals surface area contributed by atoms with Crippen LogP contribution in [0.4, 0.5) is 0 Å². The lowest BCUT2D eigenvalue weighted by atomic mass is 10.1. The van der Waals surface area contributed by atoms with Crippen LogP contribution in [-0.4, -0.2) is 20.6 Å². The van der Waals surface area contributed by atoms with E-state index >= 15 is 0 Å². The second-order valence-electron chi connectivity index (χ2n) is 4.11. The lowest BCUT2D eigenvalue weighted by molar-refractivity contribution is 0.318. The smallest absolute Gasteiger partial charge is 0.172 e. The van der Waals surface area contributed by atoms with E-state index in [9.17, 15) is 0 Å². The van der Waals surface area contributed by atoms with Crippen molar-refractivity contribution in [2.75, 3.05) is 0 Å². The number of hydrogen-bond acceptors (Lipinski definition) is 3. The summed E-state index contributed by atoms with van der Waals surface area (Å²) in [6, 6.07) is 15.3. The van der Waals surface area contributed by atoms with Gasteiger partial charge in [-0.15, -0.1) is 0 Å². The largest absolute Gasteiger partial charge is 0.409 e. The number of fused-ring (bicyclic) bond motifs is 1. The number of imidazole rings is 1. The summed E-state index contributed by atoms with van der Waals surface area (Å²) < 4.78 is 1.92. The zero-order valence-electron chi connectivity index (χ0n) is 10.1. The van der Waals surface area contributed by atoms with Crippen molar-refractivity contribution < 1.29 is 5.21 Å². The summed E-state index contributed by atoms with van der Waals surface area (Å²) in [6.07, 6.45) is 1.73. The molecule has 5 nitrogen and oxygen atoms in total. The third kappa shape index (κ3) is 1.81. The molecule has 0 fully saturated rings. The van der Waals surface area contributed by atoms with Gasteiger partial charge in [0, 0.05) is 5.56 Å². The first-order valence-corrected chi connectivity index (χ1v) is 5.80. The molecule has 0 saturated heterocycles. The summed E-state index contributed by atoms with van der Waals surface area (Å²) in [5.74, 6) is 0.0772. The first-order chi connectivity index (χ1) is 9.31. The van der Waals surface area contributed by atoms with Crippen molar-refractivity contribution in [3.05, 3.63) is 60.4 Å². The van der Waals surface area contributed by atoms with E-state index in [0.717, 1.165) is 16.7 Å². The Morgan fingerprint density at radius 3 is 2.68 bits per heavy atom. The molecule has 0 radical (unpaired) electrons. The molecule has 0 aliphatic carbocycles. The summed E-state index contributed by atoms with van der Waals surface area (Å²) in [6.45, 7) is 0. The van der Waals surface area contributed by atoms with Gasteiger partial charge in [-0.3, -0.25) is 4.57 Å². The number of benzene rings is 2. The highest BCUT2D eigenvalue weighted by molar-refractivity contribution is 6.00. The zero-order valence-corrected chi connectivity index (χ0v) is 10.1. The second-order valence-corrected chi connectivity index (χ2v) is 4.11. The van der Waals surface area contributed by atoms with Gasteiger partial charge in [0.15, 0.2) is 5.84 Å². The van der Waals surface area contributed by atoms with Gasteiger partial charge in [0.05, 0.1) is 16.7 Å². The van der Waals surface area contributed by atoms with Crippen molar-refractivity contribution >= 4 is 16.9 Å². The first-order valence-electron chi connectivity index (χ1n) is 5.80. The SMILES string of the molecule is N/C(=N\O)c1ccccc1-n1cnc2ccccc21. The van der Waals surface area contributed by atoms with Crippen LogP contribution in [0.25, 0.3) is 16.7 Å². The molecular weight excluding hydrogens is 240 g/mol. The average molecular weight is 252 g/mol. The Hall–Kier alpha value is -2.82. The second kappa shape index (κ2) is 4.45. The fraction of sp³-hybridized carbons (Fsp3) is 0. The highest BCUT2D eigenvalue weighted by Crippen LogP contribution is 2.20. The fourth-order valence-corrected chi connectivity index (χ4v) is 2.11. The van der Waals surface area contributed by atoms with E-state index in [1.54, 1.807) is 12.4 Å². The van der Waals surface area contributed by atoms with Crippen molar-refractivity contribution in [1.29, 1.82) is 0 Å². The minimum atomic E-state index is 0.0772. The molecule has 94 valence electrons. The Bertz CT molecular complexity index is 761. The molecular formula is C14H12N4O. The molecule has 5 heteroatoms. The van der Waals surface area contributed by atoms with E-state index in [2.05, 4.69) is 10.1 Å². The number of nitrogens with two attached hydrogens (primary N) is 1. The van der Waals surface area contributed by atoms with Gasteiger partial charge in [0.25, 0.3) is 0 Å². The van der Waals surface area contributed by atoms with Gasteiger partial charge in [-0.05, 0) is 24.3 Å². The van der Waals surface area contributed by atoms with E-state index in [0.29, 0.717) is 5.56 Å². The topological polar surface area (TPSA) is 76.4 Å². The average Bonchev–Trinajstić information content (AvgIpc) is 2.90. The van der Waals surface area contributed by atoms with Crippen molar-refractivity contribution in [3.63, 3.8) is 0 Å². The molecule has 3 rings (SSSR count). The maximum absolute atomic E-state index is 8.86. The number of aromatic nitrogens is 2. The molecule has 3 aromatic rings. The van der Waals surface area contributed by atoms with Crippen LogP contribution in [0.5, 0.6) is 0 Å². The highest BCUT2D eigenvalue weighted by Gasteiger charge is 2.10. The number of oxime groups is 1. The van der Waals surface area contributed by atoms with Gasteiger partial charge >= 0.3 is 0 Å². The Kier molecular flexibility index (Phi) is 2.64. The third-order valence-corrected chi connectivity index (χ3v) is 3.00. The van der Waals surface area contributed by atoms with Gasteiger partial charge in [-0.25, -0.2) is 4.98 Å². The standard InChI is InChI=1S/C14H12N4O/c15-14(17-19)10-5-1-3-7-12(10)18-9-16-11-6-2-4-8-13(11)18/h1-9,19H,(H2,15,17). The third-order valence-electron chi connectivity index (χ3n) is 3.00. The van der Waals surface area contributed by atoms with Crippen LogP contribution in [0.1, 0.15) is 5.56 Å². The lowest BCUT2D eigenvalue weighted by Gasteiger charge is -2.09. The minimum Gasteiger partial charge on any atom is -0.409 e. The van der Waals surface area contributed by atoms with Gasteiger partial charge in [0.2, 0.25) is 0 Å². The van der Waals surface area contributed by atoms with Crippen molar-refractivity contribution in [2.24, 2.45) is 10.9 Å². The van der Waals surface area contributed by atoms with Gasteiger partial charge < -0.3 is 10.9 Å². The molecule has 2 aromatic carbocycles. The van der Waals surface area contributed by atoms with Crippen LogP contribution in [0.2, 0.25) is 0 Å². The fourth-order valence-electron chi connectivity index (χ4n) is 2.11. The van der Waals surface area contributed by atoms with E-state index in [4.69, 9.17) is 10.9 Å². The highest BCUT2D eigenvalue weighted by atomic mass is 16.4. The molecule has 3 N–H and O–H groups in total. The number of rotatable bonds is 2. The van der Waals surface area contributed by atoms with Crippen LogP contribution >= 0.6 is 0 Å². The Balaban J connectivity index is 2.28. The Morgan fingerprint density at radius 1 is 1.11 bits per heavy atom. The molecule has 0 amide bonds. The maximum atomic E-state index is 8.86. The van der Waals surface area contributed by atoms with E-state index < -0.39 is 0 Å². The van der Waals surface area contributed by atoms with Gasteiger partial charge in [-0.1, -0.05) is 29.4 Å². The number of amidine groups is 1. The number of hydrogen-bond donors (Lipinski definition) is 2. The van der Waals surface area contributed by atoms with E-state index in [-0.39, 0.29) is 5.84 Å². The van der Waals surface area contributed by atoms with Crippen LogP contribution < -0.4 is 5.73 Å².